The Hall–Kier alpha value is -2.69. The number of carbonyl (C=O) groups is 1. The van der Waals surface area contributed by atoms with Crippen LogP contribution in [-0.4, -0.2) is 21.4 Å². The second-order valence-corrected chi connectivity index (χ2v) is 4.07. The molecule has 0 amide bonds. The van der Waals surface area contributed by atoms with E-state index >= 15 is 0 Å². The van der Waals surface area contributed by atoms with Crippen molar-refractivity contribution >= 4 is 18.1 Å². The predicted molar refractivity (Wildman–Crippen MR) is 70.3 cm³/mol. The molecule has 0 saturated carbocycles. The minimum absolute atomic E-state index is 0.264. The number of cyclic esters (lactones) is 1. The molecule has 94 valence electrons. The summed E-state index contributed by atoms with van der Waals surface area (Å²) in [6.45, 7) is 1.85. The highest BCUT2D eigenvalue weighted by molar-refractivity contribution is 6.12. The number of imidazole rings is 1. The van der Waals surface area contributed by atoms with Gasteiger partial charge in [-0.2, -0.15) is 0 Å². The lowest BCUT2D eigenvalue weighted by molar-refractivity contribution is -0.129. The zero-order valence-electron chi connectivity index (χ0n) is 10.3. The van der Waals surface area contributed by atoms with Crippen LogP contribution in [0, 0.1) is 6.92 Å². The van der Waals surface area contributed by atoms with E-state index in [1.165, 1.54) is 0 Å². The molecule has 0 atom stereocenters. The lowest BCUT2D eigenvalue weighted by atomic mass is 10.2. The highest BCUT2D eigenvalue weighted by Crippen LogP contribution is 2.17. The Balaban J connectivity index is 1.96. The van der Waals surface area contributed by atoms with E-state index < -0.39 is 5.97 Å². The lowest BCUT2D eigenvalue weighted by Crippen LogP contribution is -2.05. The van der Waals surface area contributed by atoms with Crippen LogP contribution in [0.4, 0.5) is 0 Å². The Kier molecular flexibility index (Phi) is 2.72. The van der Waals surface area contributed by atoms with Crippen molar-refractivity contribution < 1.29 is 9.53 Å². The number of aromatic nitrogens is 2. The molecule has 2 heterocycles. The summed E-state index contributed by atoms with van der Waals surface area (Å²) in [7, 11) is 0. The van der Waals surface area contributed by atoms with Crippen LogP contribution in [0.25, 0.3) is 6.20 Å². The van der Waals surface area contributed by atoms with Crippen LogP contribution in [0.1, 0.15) is 11.4 Å². The molecule has 5 heteroatoms. The minimum atomic E-state index is -0.452. The van der Waals surface area contributed by atoms with Gasteiger partial charge in [0.25, 0.3) is 0 Å². The molecule has 0 saturated heterocycles. The van der Waals surface area contributed by atoms with Crippen molar-refractivity contribution in [3.63, 3.8) is 0 Å². The topological polar surface area (TPSA) is 56.5 Å². The number of aryl methyl sites for hydroxylation is 1. The van der Waals surface area contributed by atoms with E-state index in [0.717, 1.165) is 11.4 Å². The molecule has 3 rings (SSSR count). The molecule has 19 heavy (non-hydrogen) atoms. The van der Waals surface area contributed by atoms with Gasteiger partial charge in [-0.15, -0.1) is 0 Å². The average molecular weight is 253 g/mol. The van der Waals surface area contributed by atoms with Gasteiger partial charge < -0.3 is 9.30 Å². The number of hydrogen-bond donors (Lipinski definition) is 0. The molecule has 0 radical (unpaired) electrons. The van der Waals surface area contributed by atoms with Crippen molar-refractivity contribution in [3.05, 3.63) is 59.8 Å². The van der Waals surface area contributed by atoms with E-state index in [-0.39, 0.29) is 5.70 Å². The van der Waals surface area contributed by atoms with E-state index in [4.69, 9.17) is 4.74 Å². The maximum absolute atomic E-state index is 11.8. The van der Waals surface area contributed by atoms with Crippen molar-refractivity contribution in [1.82, 2.24) is 9.55 Å². The molecule has 0 spiro atoms. The highest BCUT2D eigenvalue weighted by atomic mass is 16.6. The van der Waals surface area contributed by atoms with Crippen LogP contribution in [-0.2, 0) is 9.53 Å². The fourth-order valence-corrected chi connectivity index (χ4v) is 1.76. The first-order valence-electron chi connectivity index (χ1n) is 5.81. The van der Waals surface area contributed by atoms with Crippen molar-refractivity contribution in [2.75, 3.05) is 0 Å². The van der Waals surface area contributed by atoms with E-state index in [1.54, 1.807) is 23.2 Å². The normalized spacial score (nSPS) is 16.6. The Morgan fingerprint density at radius 2 is 2.05 bits per heavy atom. The average Bonchev–Trinajstić information content (AvgIpc) is 2.99. The molecular formula is C14H11N3O2. The first-order chi connectivity index (χ1) is 9.24. The summed E-state index contributed by atoms with van der Waals surface area (Å²) < 4.78 is 6.89. The summed E-state index contributed by atoms with van der Waals surface area (Å²) in [6, 6.07) is 9.32. The summed E-state index contributed by atoms with van der Waals surface area (Å²) in [4.78, 5) is 20.0. The Bertz CT molecular complexity index is 684. The van der Waals surface area contributed by atoms with E-state index in [0.29, 0.717) is 5.90 Å². The van der Waals surface area contributed by atoms with Crippen molar-refractivity contribution in [3.8, 4) is 0 Å². The van der Waals surface area contributed by atoms with Gasteiger partial charge in [0.2, 0.25) is 5.90 Å². The summed E-state index contributed by atoms with van der Waals surface area (Å²) >= 11 is 0. The van der Waals surface area contributed by atoms with Gasteiger partial charge in [-0.1, -0.05) is 18.2 Å². The van der Waals surface area contributed by atoms with Crippen molar-refractivity contribution in [2.24, 2.45) is 4.99 Å². The molecule has 1 aliphatic heterocycles. The van der Waals surface area contributed by atoms with Gasteiger partial charge in [0.05, 0.1) is 0 Å². The molecule has 0 unspecified atom stereocenters. The fraction of sp³-hybridized carbons (Fsp3) is 0.0714. The number of ether oxygens (including phenoxy) is 1. The number of hydrogen-bond acceptors (Lipinski definition) is 4. The predicted octanol–water partition coefficient (Wildman–Crippen LogP) is 1.99. The molecule has 1 aliphatic rings. The Morgan fingerprint density at radius 3 is 2.74 bits per heavy atom. The van der Waals surface area contributed by atoms with Crippen molar-refractivity contribution in [2.45, 2.75) is 6.92 Å². The van der Waals surface area contributed by atoms with E-state index in [2.05, 4.69) is 9.98 Å². The monoisotopic (exact) mass is 253 g/mol. The van der Waals surface area contributed by atoms with Crippen LogP contribution in [0.3, 0.4) is 0 Å². The molecule has 0 fully saturated rings. The number of nitrogens with zero attached hydrogens (tertiary/aromatic N) is 3. The number of rotatable bonds is 2. The van der Waals surface area contributed by atoms with E-state index in [9.17, 15) is 4.79 Å². The van der Waals surface area contributed by atoms with E-state index in [1.807, 2.05) is 37.3 Å². The van der Waals surface area contributed by atoms with Crippen molar-refractivity contribution in [1.29, 1.82) is 0 Å². The van der Waals surface area contributed by atoms with Gasteiger partial charge in [0.15, 0.2) is 5.70 Å². The Labute approximate surface area is 109 Å². The third-order valence-electron chi connectivity index (χ3n) is 2.76. The second-order valence-electron chi connectivity index (χ2n) is 4.07. The quantitative estimate of drug-likeness (QED) is 0.607. The number of carbonyl (C=O) groups excluding carboxylic acids is 1. The summed E-state index contributed by atoms with van der Waals surface area (Å²) in [5.41, 5.74) is 1.04. The fourth-order valence-electron chi connectivity index (χ4n) is 1.76. The smallest absolute Gasteiger partial charge is 0.365 e. The van der Waals surface area contributed by atoms with Gasteiger partial charge in [-0.05, 0) is 19.1 Å². The minimum Gasteiger partial charge on any atom is -0.402 e. The SMILES string of the molecule is Cc1nccn1/C=C1\N=C(c2ccccc2)OC1=O. The van der Waals surface area contributed by atoms with Gasteiger partial charge in [-0.3, -0.25) is 0 Å². The summed E-state index contributed by atoms with van der Waals surface area (Å²) in [6.07, 6.45) is 5.03. The number of benzene rings is 1. The summed E-state index contributed by atoms with van der Waals surface area (Å²) in [5.74, 6) is 0.658. The molecule has 5 nitrogen and oxygen atoms in total. The number of aliphatic imine (C=N–C) groups is 1. The second kappa shape index (κ2) is 4.53. The molecule has 1 aromatic heterocycles. The highest BCUT2D eigenvalue weighted by Gasteiger charge is 2.24. The van der Waals surface area contributed by atoms with Gasteiger partial charge in [0, 0.05) is 24.2 Å². The van der Waals surface area contributed by atoms with Gasteiger partial charge >= 0.3 is 5.97 Å². The van der Waals surface area contributed by atoms with Crippen LogP contribution >= 0.6 is 0 Å². The Morgan fingerprint density at radius 1 is 1.26 bits per heavy atom. The van der Waals surface area contributed by atoms with Gasteiger partial charge in [0.1, 0.15) is 5.82 Å². The zero-order valence-corrected chi connectivity index (χ0v) is 10.3. The van der Waals surface area contributed by atoms with Crippen LogP contribution < -0.4 is 0 Å². The maximum Gasteiger partial charge on any atom is 0.365 e. The third-order valence-corrected chi connectivity index (χ3v) is 2.76. The zero-order chi connectivity index (χ0) is 13.2. The molecule has 0 N–H and O–H groups in total. The molecule has 0 aliphatic carbocycles. The standard InChI is InChI=1S/C14H11N3O2/c1-10-15-7-8-17(10)9-12-14(18)19-13(16-12)11-5-3-2-4-6-11/h2-9H,1H3/b12-9-. The lowest BCUT2D eigenvalue weighted by Gasteiger charge is -1.97. The largest absolute Gasteiger partial charge is 0.402 e. The summed E-state index contributed by atoms with van der Waals surface area (Å²) in [5, 5.41) is 0. The molecule has 0 bridgehead atoms. The van der Waals surface area contributed by atoms with Crippen LogP contribution in [0.5, 0.6) is 0 Å². The first kappa shape index (κ1) is 11.4. The van der Waals surface area contributed by atoms with Crippen LogP contribution in [0.15, 0.2) is 53.4 Å². The van der Waals surface area contributed by atoms with Crippen LogP contribution in [0.2, 0.25) is 0 Å². The number of esters is 1. The maximum atomic E-state index is 11.8. The molecule has 1 aromatic carbocycles. The first-order valence-corrected chi connectivity index (χ1v) is 5.81. The molecule has 2 aromatic rings. The third kappa shape index (κ3) is 2.18. The van der Waals surface area contributed by atoms with Gasteiger partial charge in [-0.25, -0.2) is 14.8 Å². The molecular weight excluding hydrogens is 242 g/mol.